The van der Waals surface area contributed by atoms with E-state index in [1.54, 1.807) is 7.11 Å². The predicted octanol–water partition coefficient (Wildman–Crippen LogP) is 1.73. The van der Waals surface area contributed by atoms with E-state index < -0.39 is 16.0 Å². The first kappa shape index (κ1) is 19.5. The Hall–Kier alpha value is -2.43. The van der Waals surface area contributed by atoms with Crippen LogP contribution in [0.25, 0.3) is 0 Å². The van der Waals surface area contributed by atoms with Crippen LogP contribution in [0.2, 0.25) is 0 Å². The number of hydrogen-bond donors (Lipinski definition) is 3. The summed E-state index contributed by atoms with van der Waals surface area (Å²) in [6, 6.07) is 2.31. The number of amides is 1. The number of fused-ring (bicyclic) bond motifs is 3. The first-order valence-corrected chi connectivity index (χ1v) is 11.7. The highest BCUT2D eigenvalue weighted by atomic mass is 32.2. The second-order valence-corrected chi connectivity index (χ2v) is 9.84. The predicted molar refractivity (Wildman–Crippen MR) is 110 cm³/mol. The number of nitrogens with zero attached hydrogens (tertiary/aromatic N) is 2. The average molecular weight is 432 g/mol. The van der Waals surface area contributed by atoms with Crippen LogP contribution in [0.5, 0.6) is 5.88 Å². The van der Waals surface area contributed by atoms with Gasteiger partial charge in [-0.25, -0.2) is 18.8 Å². The molecule has 4 N–H and O–H groups in total. The van der Waals surface area contributed by atoms with Gasteiger partial charge in [-0.15, -0.1) is 0 Å². The molecule has 10 heteroatoms. The zero-order valence-corrected chi connectivity index (χ0v) is 17.6. The van der Waals surface area contributed by atoms with E-state index in [4.69, 9.17) is 19.4 Å². The molecule has 1 aromatic carbocycles. The average Bonchev–Trinajstić information content (AvgIpc) is 3.43. The van der Waals surface area contributed by atoms with Gasteiger partial charge in [0.2, 0.25) is 5.88 Å². The van der Waals surface area contributed by atoms with Gasteiger partial charge in [0.05, 0.1) is 19.3 Å². The van der Waals surface area contributed by atoms with Crippen molar-refractivity contribution >= 4 is 21.5 Å². The van der Waals surface area contributed by atoms with Crippen LogP contribution >= 0.6 is 0 Å². The maximum absolute atomic E-state index is 13.1. The molecule has 30 heavy (non-hydrogen) atoms. The normalized spacial score (nSPS) is 23.4. The lowest BCUT2D eigenvalue weighted by Crippen LogP contribution is -2.33. The number of aromatic nitrogens is 2. The number of nitrogens with one attached hydrogen (secondary N) is 2. The van der Waals surface area contributed by atoms with Gasteiger partial charge in [-0.3, -0.25) is 4.79 Å². The van der Waals surface area contributed by atoms with Gasteiger partial charge in [-0.05, 0) is 54.4 Å². The summed E-state index contributed by atoms with van der Waals surface area (Å²) < 4.78 is 32.1. The van der Waals surface area contributed by atoms with Crippen LogP contribution in [0, 0.1) is 4.78 Å². The van der Waals surface area contributed by atoms with Crippen molar-refractivity contribution in [3.05, 3.63) is 34.5 Å². The number of anilines is 1. The minimum absolute atomic E-state index is 0.0134. The van der Waals surface area contributed by atoms with Gasteiger partial charge in [0, 0.05) is 18.7 Å². The van der Waals surface area contributed by atoms with E-state index in [0.29, 0.717) is 6.61 Å². The van der Waals surface area contributed by atoms with E-state index >= 15 is 0 Å². The van der Waals surface area contributed by atoms with Crippen LogP contribution in [0.4, 0.5) is 5.69 Å². The Labute approximate surface area is 175 Å². The highest BCUT2D eigenvalue weighted by Crippen LogP contribution is 2.44. The lowest BCUT2D eigenvalue weighted by atomic mass is 9.94. The van der Waals surface area contributed by atoms with Gasteiger partial charge in [0.15, 0.2) is 6.10 Å². The Kier molecular flexibility index (Phi) is 4.60. The van der Waals surface area contributed by atoms with Gasteiger partial charge >= 0.3 is 0 Å². The highest BCUT2D eigenvalue weighted by Gasteiger charge is 2.36. The maximum atomic E-state index is 13.1. The zero-order chi connectivity index (χ0) is 21.0. The fourth-order valence-corrected chi connectivity index (χ4v) is 5.58. The number of ether oxygens (including phenoxy) is 2. The SMILES string of the molecule is COC[C@@H]1CCc2cc3c(c(NC(=O)C4Cn5ncc(S(=N)(N)=O)c5O4)c21)CCC3. The van der Waals surface area contributed by atoms with Crippen molar-refractivity contribution in [2.75, 3.05) is 19.0 Å². The Balaban J connectivity index is 1.44. The summed E-state index contributed by atoms with van der Waals surface area (Å²) >= 11 is 0. The number of carbonyl (C=O) groups is 1. The molecule has 0 spiro atoms. The summed E-state index contributed by atoms with van der Waals surface area (Å²) in [5.74, 6) is 0.131. The number of methoxy groups -OCH3 is 1. The smallest absolute Gasteiger partial charge is 0.267 e. The number of rotatable bonds is 5. The Bertz CT molecular complexity index is 1140. The van der Waals surface area contributed by atoms with Crippen molar-refractivity contribution in [2.24, 2.45) is 5.14 Å². The molecule has 9 nitrogen and oxygen atoms in total. The summed E-state index contributed by atoms with van der Waals surface area (Å²) in [6.45, 7) is 0.817. The molecule has 0 fully saturated rings. The zero-order valence-electron chi connectivity index (χ0n) is 16.8. The third-order valence-electron chi connectivity index (χ3n) is 6.28. The number of carbonyl (C=O) groups excluding carboxylic acids is 1. The molecule has 5 rings (SSSR count). The topological polar surface area (TPSA) is 132 Å². The summed E-state index contributed by atoms with van der Waals surface area (Å²) in [5, 5.41) is 12.7. The molecule has 2 aliphatic carbocycles. The van der Waals surface area contributed by atoms with E-state index in [2.05, 4.69) is 16.5 Å². The van der Waals surface area contributed by atoms with E-state index in [1.165, 1.54) is 33.1 Å². The second-order valence-electron chi connectivity index (χ2n) is 8.20. The Morgan fingerprint density at radius 2 is 2.27 bits per heavy atom. The number of nitrogens with two attached hydrogens (primary N) is 1. The number of benzene rings is 1. The molecule has 0 radical (unpaired) electrons. The lowest BCUT2D eigenvalue weighted by Gasteiger charge is -2.21. The first-order chi connectivity index (χ1) is 14.4. The summed E-state index contributed by atoms with van der Waals surface area (Å²) in [5.41, 5.74) is 5.95. The Morgan fingerprint density at radius 3 is 3.03 bits per heavy atom. The minimum atomic E-state index is -3.48. The van der Waals surface area contributed by atoms with Crippen LogP contribution in [0.15, 0.2) is 17.2 Å². The molecular formula is C20H25N5O4S. The van der Waals surface area contributed by atoms with Crippen molar-refractivity contribution in [1.82, 2.24) is 9.78 Å². The standard InChI is InChI=1S/C20H25N5O4S/c1-28-10-13-6-5-12-7-11-3-2-4-14(11)18(17(12)13)24-19(26)15-9-25-20(29-15)16(8-23-25)30(21,22)27/h7-8,13,15H,2-6,9-10H2,1H3,(H,24,26)(H3,21,22,27)/t13-,15?/m0/s1. The monoisotopic (exact) mass is 431 g/mol. The molecule has 1 aliphatic heterocycles. The molecule has 0 saturated carbocycles. The fourth-order valence-electron chi connectivity index (χ4n) is 4.96. The van der Waals surface area contributed by atoms with E-state index in [1.807, 2.05) is 0 Å². The largest absolute Gasteiger partial charge is 0.461 e. The van der Waals surface area contributed by atoms with Crippen molar-refractivity contribution < 1.29 is 18.5 Å². The van der Waals surface area contributed by atoms with Gasteiger partial charge in [0.1, 0.15) is 14.8 Å². The maximum Gasteiger partial charge on any atom is 0.267 e. The summed E-state index contributed by atoms with van der Waals surface area (Å²) in [7, 11) is -1.77. The molecule has 3 atom stereocenters. The number of hydrogen-bond acceptors (Lipinski definition) is 6. The number of aryl methyl sites for hydroxylation is 2. The molecular weight excluding hydrogens is 406 g/mol. The molecule has 3 aliphatic rings. The van der Waals surface area contributed by atoms with Crippen molar-refractivity contribution in [1.29, 1.82) is 4.78 Å². The molecule has 2 aromatic rings. The van der Waals surface area contributed by atoms with Crippen LogP contribution in [-0.2, 0) is 45.3 Å². The van der Waals surface area contributed by atoms with Crippen LogP contribution in [0.1, 0.15) is 41.0 Å². The van der Waals surface area contributed by atoms with Crippen LogP contribution in [0.3, 0.4) is 0 Å². The first-order valence-electron chi connectivity index (χ1n) is 10.1. The highest BCUT2D eigenvalue weighted by molar-refractivity contribution is 7.90. The van der Waals surface area contributed by atoms with Crippen molar-refractivity contribution in [2.45, 2.75) is 55.6 Å². The van der Waals surface area contributed by atoms with Crippen molar-refractivity contribution in [3.63, 3.8) is 0 Å². The van der Waals surface area contributed by atoms with Crippen LogP contribution < -0.4 is 15.2 Å². The van der Waals surface area contributed by atoms with E-state index in [0.717, 1.165) is 37.8 Å². The lowest BCUT2D eigenvalue weighted by molar-refractivity contribution is -0.122. The molecule has 2 unspecified atom stereocenters. The second kappa shape index (κ2) is 7.07. The molecule has 2 heterocycles. The van der Waals surface area contributed by atoms with E-state index in [9.17, 15) is 9.00 Å². The van der Waals surface area contributed by atoms with Crippen LogP contribution in [-0.4, -0.2) is 39.7 Å². The van der Waals surface area contributed by atoms with Crippen molar-refractivity contribution in [3.8, 4) is 5.88 Å². The Morgan fingerprint density at radius 1 is 1.43 bits per heavy atom. The van der Waals surface area contributed by atoms with Gasteiger partial charge in [0.25, 0.3) is 5.91 Å². The van der Waals surface area contributed by atoms with Gasteiger partial charge in [-0.1, -0.05) is 6.07 Å². The third kappa shape index (κ3) is 3.10. The molecule has 1 amide bonds. The molecule has 0 saturated heterocycles. The minimum Gasteiger partial charge on any atom is -0.461 e. The quantitative estimate of drug-likeness (QED) is 0.663. The molecule has 1 aromatic heterocycles. The van der Waals surface area contributed by atoms with E-state index in [-0.39, 0.29) is 29.1 Å². The van der Waals surface area contributed by atoms with Gasteiger partial charge in [-0.2, -0.15) is 5.10 Å². The summed E-state index contributed by atoms with van der Waals surface area (Å²) in [4.78, 5) is 13.2. The van der Waals surface area contributed by atoms with Gasteiger partial charge < -0.3 is 14.8 Å². The molecule has 160 valence electrons. The summed E-state index contributed by atoms with van der Waals surface area (Å²) in [6.07, 6.45) is 5.53. The fraction of sp³-hybridized carbons (Fsp3) is 0.500. The third-order valence-corrected chi connectivity index (χ3v) is 7.22. The molecule has 0 bridgehead atoms.